The lowest BCUT2D eigenvalue weighted by Crippen LogP contribution is -2.40. The van der Waals surface area contributed by atoms with Gasteiger partial charge in [0.2, 0.25) is 0 Å². The molecular formula is C45H29N3S2. The topological polar surface area (TPSA) is 50.8 Å². The average Bonchev–Trinajstić information content (AvgIpc) is 3.81. The number of para-hydroxylation sites is 2. The fraction of sp³-hybridized carbons (Fsp3) is 0.111. The largest absolute Gasteiger partial charge is 0.332 e. The second-order valence-electron chi connectivity index (χ2n) is 13.7. The standard InChI is InChI=1S/C45H29N3S2/c1-45-24-27(25-46)14-21-41(45)48(38-13-6-5-12-37(38)45)42-31(26-47)10-7-11-32(42)30-16-20-40-36(23-30)34-18-17-33-35-22-29(28-8-3-2-4-9-28)15-19-39(35)49-43(33)44(34)50-40/h2-22,24,30,41H,23H2,1H3. The lowest BCUT2D eigenvalue weighted by Gasteiger charge is -2.37. The first kappa shape index (κ1) is 29.2. The number of thiophene rings is 2. The van der Waals surface area contributed by atoms with Gasteiger partial charge in [-0.3, -0.25) is 0 Å². The molecule has 3 nitrogen and oxygen atoms in total. The van der Waals surface area contributed by atoms with Gasteiger partial charge in [-0.15, -0.1) is 22.7 Å². The van der Waals surface area contributed by atoms with Crippen LogP contribution < -0.4 is 4.90 Å². The summed E-state index contributed by atoms with van der Waals surface area (Å²) in [5.41, 5.74) is 9.21. The van der Waals surface area contributed by atoms with Gasteiger partial charge in [0, 0.05) is 42.9 Å². The number of benzene rings is 5. The van der Waals surface area contributed by atoms with E-state index in [1.54, 1.807) is 0 Å². The van der Waals surface area contributed by atoms with Crippen LogP contribution in [-0.2, 0) is 11.8 Å². The summed E-state index contributed by atoms with van der Waals surface area (Å²) < 4.78 is 4.04. The van der Waals surface area contributed by atoms with Gasteiger partial charge < -0.3 is 4.90 Å². The summed E-state index contributed by atoms with van der Waals surface area (Å²) in [6, 6.07) is 41.7. The normalized spacial score (nSPS) is 20.4. The molecule has 5 aromatic carbocycles. The van der Waals surface area contributed by atoms with E-state index in [4.69, 9.17) is 0 Å². The summed E-state index contributed by atoms with van der Waals surface area (Å²) in [5.74, 6) is 0.104. The Kier molecular flexibility index (Phi) is 6.36. The number of anilines is 2. The van der Waals surface area contributed by atoms with Crippen LogP contribution in [0.4, 0.5) is 11.4 Å². The van der Waals surface area contributed by atoms with Gasteiger partial charge in [-0.25, -0.2) is 0 Å². The molecular weight excluding hydrogens is 647 g/mol. The van der Waals surface area contributed by atoms with Crippen molar-refractivity contribution in [1.82, 2.24) is 0 Å². The van der Waals surface area contributed by atoms with E-state index in [2.05, 4.69) is 139 Å². The summed E-state index contributed by atoms with van der Waals surface area (Å²) >= 11 is 3.80. The molecule has 0 radical (unpaired) electrons. The maximum absolute atomic E-state index is 10.5. The Morgan fingerprint density at radius 1 is 0.740 bits per heavy atom. The van der Waals surface area contributed by atoms with Crippen molar-refractivity contribution in [3.63, 3.8) is 0 Å². The quantitative estimate of drug-likeness (QED) is 0.187. The number of nitriles is 2. The molecule has 236 valence electrons. The van der Waals surface area contributed by atoms with Gasteiger partial charge >= 0.3 is 0 Å². The van der Waals surface area contributed by atoms with Crippen LogP contribution in [0.25, 0.3) is 47.5 Å². The van der Waals surface area contributed by atoms with Crippen molar-refractivity contribution in [2.45, 2.75) is 30.7 Å². The van der Waals surface area contributed by atoms with Gasteiger partial charge in [0.25, 0.3) is 0 Å². The van der Waals surface area contributed by atoms with Crippen LogP contribution in [0.1, 0.15) is 40.0 Å². The minimum Gasteiger partial charge on any atom is -0.332 e. The fourth-order valence-corrected chi connectivity index (χ4v) is 11.2. The van der Waals surface area contributed by atoms with Crippen molar-refractivity contribution in [3.8, 4) is 23.3 Å². The lowest BCUT2D eigenvalue weighted by atomic mass is 9.74. The first-order valence-corrected chi connectivity index (χ1v) is 18.6. The molecule has 3 atom stereocenters. The minimum absolute atomic E-state index is 0.0565. The van der Waals surface area contributed by atoms with E-state index in [9.17, 15) is 10.5 Å². The number of nitrogens with zero attached hydrogens (tertiary/aromatic N) is 3. The van der Waals surface area contributed by atoms with Crippen LogP contribution in [0.2, 0.25) is 0 Å². The zero-order valence-electron chi connectivity index (χ0n) is 27.2. The molecule has 50 heavy (non-hydrogen) atoms. The van der Waals surface area contributed by atoms with E-state index >= 15 is 0 Å². The highest BCUT2D eigenvalue weighted by molar-refractivity contribution is 7.31. The molecule has 3 aliphatic rings. The minimum atomic E-state index is -0.396. The fourth-order valence-electron chi connectivity index (χ4n) is 8.60. The van der Waals surface area contributed by atoms with Gasteiger partial charge in [0.1, 0.15) is 6.07 Å². The van der Waals surface area contributed by atoms with Crippen LogP contribution in [0.3, 0.4) is 0 Å². The van der Waals surface area contributed by atoms with Crippen LogP contribution in [0, 0.1) is 22.7 Å². The van der Waals surface area contributed by atoms with Crippen molar-refractivity contribution in [3.05, 3.63) is 160 Å². The van der Waals surface area contributed by atoms with Crippen molar-refractivity contribution < 1.29 is 0 Å². The summed E-state index contributed by atoms with van der Waals surface area (Å²) in [6.07, 6.45) is 11.7. The van der Waals surface area contributed by atoms with E-state index in [1.165, 1.54) is 57.4 Å². The van der Waals surface area contributed by atoms with Gasteiger partial charge in [0.05, 0.1) is 32.8 Å². The maximum Gasteiger partial charge on any atom is 0.101 e. The Hall–Kier alpha value is -5.72. The predicted octanol–water partition coefficient (Wildman–Crippen LogP) is 12.0. The first-order valence-electron chi connectivity index (χ1n) is 16.9. The van der Waals surface area contributed by atoms with E-state index < -0.39 is 5.41 Å². The van der Waals surface area contributed by atoms with Gasteiger partial charge in [-0.2, -0.15) is 10.5 Å². The predicted molar refractivity (Wildman–Crippen MR) is 209 cm³/mol. The van der Waals surface area contributed by atoms with Crippen molar-refractivity contribution in [2.24, 2.45) is 0 Å². The SMILES string of the molecule is CC12C=C(C#N)C=CC1N(c1c(C#N)cccc1C1C=Cc3sc4c(ccc5c6cc(-c7ccccc7)ccc6sc54)c3C1)c1ccccc12. The van der Waals surface area contributed by atoms with Crippen molar-refractivity contribution in [2.75, 3.05) is 4.90 Å². The summed E-state index contributed by atoms with van der Waals surface area (Å²) in [7, 11) is 0. The van der Waals surface area contributed by atoms with Gasteiger partial charge in [0.15, 0.2) is 0 Å². The lowest BCUT2D eigenvalue weighted by molar-refractivity contribution is 0.547. The summed E-state index contributed by atoms with van der Waals surface area (Å²) in [4.78, 5) is 3.69. The number of rotatable bonds is 3. The molecule has 0 amide bonds. The highest BCUT2D eigenvalue weighted by Gasteiger charge is 2.48. The zero-order valence-corrected chi connectivity index (χ0v) is 28.9. The average molecular weight is 676 g/mol. The first-order chi connectivity index (χ1) is 24.6. The molecule has 0 N–H and O–H groups in total. The smallest absolute Gasteiger partial charge is 0.101 e. The van der Waals surface area contributed by atoms with Crippen LogP contribution >= 0.6 is 22.7 Å². The molecule has 0 saturated heterocycles. The number of fused-ring (bicyclic) bond motifs is 10. The van der Waals surface area contributed by atoms with E-state index in [-0.39, 0.29) is 12.0 Å². The Morgan fingerprint density at radius 2 is 1.56 bits per heavy atom. The summed E-state index contributed by atoms with van der Waals surface area (Å²) in [6.45, 7) is 2.22. The van der Waals surface area contributed by atoms with Crippen molar-refractivity contribution in [1.29, 1.82) is 10.5 Å². The molecule has 3 heterocycles. The van der Waals surface area contributed by atoms with Crippen LogP contribution in [-0.4, -0.2) is 6.04 Å². The second-order valence-corrected chi connectivity index (χ2v) is 15.8. The highest BCUT2D eigenvalue weighted by Crippen LogP contribution is 2.55. The highest BCUT2D eigenvalue weighted by atomic mass is 32.1. The third-order valence-electron chi connectivity index (χ3n) is 10.9. The molecule has 7 aromatic rings. The molecule has 1 aliphatic heterocycles. The zero-order chi connectivity index (χ0) is 33.6. The third-order valence-corrected chi connectivity index (χ3v) is 13.5. The van der Waals surface area contributed by atoms with Crippen molar-refractivity contribution >= 4 is 70.4 Å². The molecule has 0 saturated carbocycles. The Morgan fingerprint density at radius 3 is 2.42 bits per heavy atom. The van der Waals surface area contributed by atoms with Gasteiger partial charge in [-0.1, -0.05) is 97.1 Å². The monoisotopic (exact) mass is 675 g/mol. The van der Waals surface area contributed by atoms with E-state index in [0.29, 0.717) is 11.1 Å². The maximum atomic E-state index is 10.5. The Balaban J connectivity index is 1.08. The number of hydrogen-bond acceptors (Lipinski definition) is 5. The molecule has 0 fully saturated rings. The molecule has 10 rings (SSSR count). The molecule has 5 heteroatoms. The Labute approximate surface area is 298 Å². The molecule has 0 bridgehead atoms. The van der Waals surface area contributed by atoms with Crippen LogP contribution in [0.5, 0.6) is 0 Å². The van der Waals surface area contributed by atoms with Crippen LogP contribution in [0.15, 0.2) is 133 Å². The van der Waals surface area contributed by atoms with Gasteiger partial charge in [-0.05, 0) is 83.0 Å². The number of allylic oxidation sites excluding steroid dienone is 3. The number of hydrogen-bond donors (Lipinski definition) is 0. The third kappa shape index (κ3) is 4.12. The summed E-state index contributed by atoms with van der Waals surface area (Å²) in [5, 5.41) is 24.3. The van der Waals surface area contributed by atoms with E-state index in [0.717, 1.165) is 23.4 Å². The molecule has 3 unspecified atom stereocenters. The van der Waals surface area contributed by atoms with E-state index in [1.807, 2.05) is 40.9 Å². The molecule has 0 spiro atoms. The molecule has 2 aliphatic carbocycles. The second kappa shape index (κ2) is 10.9. The Bertz CT molecular complexity index is 2750. The molecule has 2 aromatic heterocycles.